The highest BCUT2D eigenvalue weighted by Crippen LogP contribution is 2.31. The van der Waals surface area contributed by atoms with E-state index in [9.17, 15) is 10.2 Å². The zero-order valence-electron chi connectivity index (χ0n) is 6.71. The zero-order chi connectivity index (χ0) is 8.72. The van der Waals surface area contributed by atoms with Crippen LogP contribution in [0.2, 0.25) is 0 Å². The minimum absolute atomic E-state index is 0.225. The summed E-state index contributed by atoms with van der Waals surface area (Å²) in [5.41, 5.74) is 0. The molecule has 0 unspecified atom stereocenters. The van der Waals surface area contributed by atoms with Crippen LogP contribution >= 0.6 is 0 Å². The van der Waals surface area contributed by atoms with Crippen LogP contribution in [0.5, 0.6) is 0 Å². The first-order valence-corrected chi connectivity index (χ1v) is 3.90. The van der Waals surface area contributed by atoms with E-state index in [1.54, 1.807) is 0 Å². The molecule has 0 aromatic carbocycles. The number of hydrogen-bond acceptors (Lipinski definition) is 5. The molecule has 2 fully saturated rings. The van der Waals surface area contributed by atoms with Crippen molar-refractivity contribution in [3.8, 4) is 0 Å². The third-order valence-corrected chi connectivity index (χ3v) is 2.30. The average molecular weight is 176 g/mol. The fourth-order valence-electron chi connectivity index (χ4n) is 1.66. The van der Waals surface area contributed by atoms with Crippen LogP contribution in [-0.2, 0) is 14.2 Å². The molecule has 5 heteroatoms. The van der Waals surface area contributed by atoms with E-state index < -0.39 is 30.7 Å². The van der Waals surface area contributed by atoms with Crippen molar-refractivity contribution in [2.75, 3.05) is 13.7 Å². The van der Waals surface area contributed by atoms with Gasteiger partial charge in [0.2, 0.25) is 0 Å². The van der Waals surface area contributed by atoms with Gasteiger partial charge in [0, 0.05) is 7.11 Å². The number of methoxy groups -OCH3 is 1. The number of aliphatic hydroxyl groups excluding tert-OH is 2. The first-order chi connectivity index (χ1) is 5.74. The van der Waals surface area contributed by atoms with E-state index in [2.05, 4.69) is 0 Å². The molecular formula is C7H12O5. The van der Waals surface area contributed by atoms with E-state index >= 15 is 0 Å². The number of fused-ring (bicyclic) bond motifs is 1. The summed E-state index contributed by atoms with van der Waals surface area (Å²) in [6.45, 7) is 0.225. The lowest BCUT2D eigenvalue weighted by Crippen LogP contribution is -2.32. The molecular weight excluding hydrogens is 164 g/mol. The fourth-order valence-corrected chi connectivity index (χ4v) is 1.66. The summed E-state index contributed by atoms with van der Waals surface area (Å²) in [7, 11) is 1.45. The Bertz CT molecular complexity index is 173. The standard InChI is InChI=1S/C7H12O5/c1-10-7-4(9)6-5(12-7)3(8)2-11-6/h3-9H,2H2,1H3/t3-,4+,5-,6-,7+/m1/s1. The van der Waals surface area contributed by atoms with Crippen LogP contribution in [0.4, 0.5) is 0 Å². The van der Waals surface area contributed by atoms with Crippen molar-refractivity contribution in [3.63, 3.8) is 0 Å². The second kappa shape index (κ2) is 2.93. The first-order valence-electron chi connectivity index (χ1n) is 3.90. The number of ether oxygens (including phenoxy) is 3. The molecule has 2 aliphatic heterocycles. The minimum Gasteiger partial charge on any atom is -0.388 e. The van der Waals surface area contributed by atoms with Gasteiger partial charge in [0.05, 0.1) is 6.61 Å². The second-order valence-corrected chi connectivity index (χ2v) is 3.06. The van der Waals surface area contributed by atoms with E-state index in [0.29, 0.717) is 0 Å². The lowest BCUT2D eigenvalue weighted by Gasteiger charge is -2.14. The van der Waals surface area contributed by atoms with Gasteiger partial charge < -0.3 is 24.4 Å². The predicted molar refractivity (Wildman–Crippen MR) is 37.4 cm³/mol. The SMILES string of the molecule is CO[C@H]1O[C@H]2[C@H](OC[C@H]2O)[C@@H]1O. The highest BCUT2D eigenvalue weighted by atomic mass is 16.7. The molecule has 2 rings (SSSR count). The summed E-state index contributed by atoms with van der Waals surface area (Å²) in [4.78, 5) is 0. The Kier molecular flexibility index (Phi) is 2.05. The van der Waals surface area contributed by atoms with Gasteiger partial charge in [-0.25, -0.2) is 0 Å². The van der Waals surface area contributed by atoms with Crippen molar-refractivity contribution in [1.82, 2.24) is 0 Å². The Hall–Kier alpha value is -0.200. The van der Waals surface area contributed by atoms with Crippen LogP contribution < -0.4 is 0 Å². The highest BCUT2D eigenvalue weighted by molar-refractivity contribution is 4.96. The monoisotopic (exact) mass is 176 g/mol. The fraction of sp³-hybridized carbons (Fsp3) is 1.00. The summed E-state index contributed by atoms with van der Waals surface area (Å²) >= 11 is 0. The third kappa shape index (κ3) is 1.06. The Balaban J connectivity index is 2.08. The van der Waals surface area contributed by atoms with Crippen molar-refractivity contribution < 1.29 is 24.4 Å². The van der Waals surface area contributed by atoms with Crippen LogP contribution in [0.25, 0.3) is 0 Å². The van der Waals surface area contributed by atoms with Crippen LogP contribution in [0.15, 0.2) is 0 Å². The first kappa shape index (κ1) is 8.40. The Labute approximate surface area is 69.8 Å². The van der Waals surface area contributed by atoms with Gasteiger partial charge in [0.15, 0.2) is 6.29 Å². The zero-order valence-corrected chi connectivity index (χ0v) is 6.71. The maximum Gasteiger partial charge on any atom is 0.186 e. The van der Waals surface area contributed by atoms with Gasteiger partial charge in [-0.05, 0) is 0 Å². The van der Waals surface area contributed by atoms with Crippen LogP contribution in [-0.4, -0.2) is 54.6 Å². The lowest BCUT2D eigenvalue weighted by molar-refractivity contribution is -0.167. The molecule has 0 spiro atoms. The largest absolute Gasteiger partial charge is 0.388 e. The van der Waals surface area contributed by atoms with Crippen LogP contribution in [0.1, 0.15) is 0 Å². The topological polar surface area (TPSA) is 68.2 Å². The summed E-state index contributed by atoms with van der Waals surface area (Å²) in [6.07, 6.45) is -2.99. The van der Waals surface area contributed by atoms with Crippen molar-refractivity contribution in [2.45, 2.75) is 30.7 Å². The van der Waals surface area contributed by atoms with E-state index in [4.69, 9.17) is 14.2 Å². The molecule has 0 aliphatic carbocycles. The Morgan fingerprint density at radius 1 is 1.33 bits per heavy atom. The molecule has 2 N–H and O–H groups in total. The maximum absolute atomic E-state index is 9.49. The van der Waals surface area contributed by atoms with E-state index in [-0.39, 0.29) is 6.61 Å². The van der Waals surface area contributed by atoms with Crippen LogP contribution in [0.3, 0.4) is 0 Å². The molecule has 5 atom stereocenters. The van der Waals surface area contributed by atoms with Gasteiger partial charge in [-0.3, -0.25) is 0 Å². The molecule has 0 bridgehead atoms. The summed E-state index contributed by atoms with van der Waals surface area (Å²) in [6, 6.07) is 0. The molecule has 0 aromatic heterocycles. The van der Waals surface area contributed by atoms with E-state index in [1.165, 1.54) is 7.11 Å². The smallest absolute Gasteiger partial charge is 0.186 e. The Morgan fingerprint density at radius 2 is 2.08 bits per heavy atom. The predicted octanol–water partition coefficient (Wildman–Crippen LogP) is -1.52. The van der Waals surface area contributed by atoms with Gasteiger partial charge in [0.1, 0.15) is 24.4 Å². The van der Waals surface area contributed by atoms with Gasteiger partial charge in [0.25, 0.3) is 0 Å². The van der Waals surface area contributed by atoms with E-state index in [1.807, 2.05) is 0 Å². The lowest BCUT2D eigenvalue weighted by atomic mass is 10.1. The van der Waals surface area contributed by atoms with Gasteiger partial charge in [-0.15, -0.1) is 0 Å². The van der Waals surface area contributed by atoms with Crippen molar-refractivity contribution in [1.29, 1.82) is 0 Å². The van der Waals surface area contributed by atoms with Gasteiger partial charge >= 0.3 is 0 Å². The normalized spacial score (nSPS) is 52.8. The quantitative estimate of drug-likeness (QED) is 0.507. The van der Waals surface area contributed by atoms with Crippen molar-refractivity contribution >= 4 is 0 Å². The number of rotatable bonds is 1. The molecule has 12 heavy (non-hydrogen) atoms. The summed E-state index contributed by atoms with van der Waals surface area (Å²) < 4.78 is 15.2. The van der Waals surface area contributed by atoms with Crippen molar-refractivity contribution in [2.24, 2.45) is 0 Å². The molecule has 5 nitrogen and oxygen atoms in total. The summed E-state index contributed by atoms with van der Waals surface area (Å²) in [5, 5.41) is 18.8. The molecule has 2 saturated heterocycles. The van der Waals surface area contributed by atoms with Crippen LogP contribution in [0, 0.1) is 0 Å². The van der Waals surface area contributed by atoms with Gasteiger partial charge in [-0.1, -0.05) is 0 Å². The molecule has 0 aromatic rings. The molecule has 0 saturated carbocycles. The molecule has 2 aliphatic rings. The molecule has 0 radical (unpaired) electrons. The summed E-state index contributed by atoms with van der Waals surface area (Å²) in [5.74, 6) is 0. The van der Waals surface area contributed by atoms with Gasteiger partial charge in [-0.2, -0.15) is 0 Å². The second-order valence-electron chi connectivity index (χ2n) is 3.06. The minimum atomic E-state index is -0.794. The molecule has 2 heterocycles. The molecule has 0 amide bonds. The highest BCUT2D eigenvalue weighted by Gasteiger charge is 2.51. The number of aliphatic hydroxyl groups is 2. The Morgan fingerprint density at radius 3 is 2.67 bits per heavy atom. The maximum atomic E-state index is 9.49. The average Bonchev–Trinajstić information content (AvgIpc) is 2.55. The third-order valence-electron chi connectivity index (χ3n) is 2.30. The molecule has 70 valence electrons. The van der Waals surface area contributed by atoms with E-state index in [0.717, 1.165) is 0 Å². The van der Waals surface area contributed by atoms with Crippen molar-refractivity contribution in [3.05, 3.63) is 0 Å². The number of hydrogen-bond donors (Lipinski definition) is 2.